The predicted molar refractivity (Wildman–Crippen MR) is 98.5 cm³/mol. The first-order valence-electron chi connectivity index (χ1n) is 8.29. The fourth-order valence-corrected chi connectivity index (χ4v) is 2.72. The third-order valence-corrected chi connectivity index (χ3v) is 3.77. The van der Waals surface area contributed by atoms with Crippen molar-refractivity contribution in [2.45, 2.75) is 33.1 Å². The lowest BCUT2D eigenvalue weighted by molar-refractivity contribution is 0.733. The van der Waals surface area contributed by atoms with Gasteiger partial charge in [-0.1, -0.05) is 37.6 Å². The molecular formula is C18H25ClN4. The number of hydrogen-bond donors (Lipinski definition) is 1. The monoisotopic (exact) mass is 332 g/mol. The van der Waals surface area contributed by atoms with E-state index in [0.29, 0.717) is 5.95 Å². The third-order valence-electron chi connectivity index (χ3n) is 3.54. The SMILES string of the molecule is CCCN(CCC)c1ccnc(NCCc2cccc(Cl)c2)n1. The maximum atomic E-state index is 6.01. The summed E-state index contributed by atoms with van der Waals surface area (Å²) in [7, 11) is 0. The van der Waals surface area contributed by atoms with Crippen LogP contribution in [0.5, 0.6) is 0 Å². The molecule has 0 unspecified atom stereocenters. The molecule has 0 bridgehead atoms. The van der Waals surface area contributed by atoms with E-state index >= 15 is 0 Å². The van der Waals surface area contributed by atoms with Crippen LogP contribution in [0.15, 0.2) is 36.5 Å². The van der Waals surface area contributed by atoms with Gasteiger partial charge in [0.1, 0.15) is 5.82 Å². The number of anilines is 2. The first kappa shape index (κ1) is 17.5. The molecule has 124 valence electrons. The standard InChI is InChI=1S/C18H25ClN4/c1-3-12-23(13-4-2)17-9-11-21-18(22-17)20-10-8-15-6-5-7-16(19)14-15/h5-7,9,11,14H,3-4,8,10,12-13H2,1-2H3,(H,20,21,22). The average molecular weight is 333 g/mol. The van der Waals surface area contributed by atoms with Gasteiger partial charge in [0.15, 0.2) is 0 Å². The smallest absolute Gasteiger partial charge is 0.224 e. The van der Waals surface area contributed by atoms with Crippen LogP contribution in [0.4, 0.5) is 11.8 Å². The van der Waals surface area contributed by atoms with Gasteiger partial charge in [0, 0.05) is 30.9 Å². The summed E-state index contributed by atoms with van der Waals surface area (Å²) in [6.07, 6.45) is 4.94. The van der Waals surface area contributed by atoms with E-state index in [1.165, 1.54) is 5.56 Å². The summed E-state index contributed by atoms with van der Waals surface area (Å²) in [6.45, 7) is 7.20. The molecule has 1 N–H and O–H groups in total. The second kappa shape index (κ2) is 9.36. The van der Waals surface area contributed by atoms with Gasteiger partial charge in [0.05, 0.1) is 0 Å². The van der Waals surface area contributed by atoms with Crippen molar-refractivity contribution >= 4 is 23.4 Å². The average Bonchev–Trinajstić information content (AvgIpc) is 2.55. The fraction of sp³-hybridized carbons (Fsp3) is 0.444. The lowest BCUT2D eigenvalue weighted by atomic mass is 10.1. The predicted octanol–water partition coefficient (Wildman–Crippen LogP) is 4.41. The molecule has 0 spiro atoms. The molecule has 4 nitrogen and oxygen atoms in total. The van der Waals surface area contributed by atoms with Gasteiger partial charge in [-0.3, -0.25) is 0 Å². The summed E-state index contributed by atoms with van der Waals surface area (Å²) in [5.74, 6) is 1.68. The molecule has 1 aromatic carbocycles. The fourth-order valence-electron chi connectivity index (χ4n) is 2.50. The molecule has 23 heavy (non-hydrogen) atoms. The van der Waals surface area contributed by atoms with Crippen LogP contribution in [0, 0.1) is 0 Å². The number of hydrogen-bond acceptors (Lipinski definition) is 4. The molecule has 1 heterocycles. The Morgan fingerprint density at radius 2 is 1.91 bits per heavy atom. The molecule has 0 aliphatic heterocycles. The Hall–Kier alpha value is -1.81. The second-order valence-electron chi connectivity index (χ2n) is 5.53. The first-order chi connectivity index (χ1) is 11.2. The number of rotatable bonds is 9. The Morgan fingerprint density at radius 3 is 2.61 bits per heavy atom. The molecule has 0 amide bonds. The number of halogens is 1. The van der Waals surface area contributed by atoms with Crippen molar-refractivity contribution in [3.8, 4) is 0 Å². The minimum absolute atomic E-state index is 0.682. The quantitative estimate of drug-likeness (QED) is 0.738. The molecular weight excluding hydrogens is 308 g/mol. The Balaban J connectivity index is 1.94. The van der Waals surface area contributed by atoms with E-state index in [1.807, 2.05) is 30.5 Å². The van der Waals surface area contributed by atoms with Crippen LogP contribution in [0.3, 0.4) is 0 Å². The highest BCUT2D eigenvalue weighted by molar-refractivity contribution is 6.30. The van der Waals surface area contributed by atoms with Crippen LogP contribution in [0.25, 0.3) is 0 Å². The lowest BCUT2D eigenvalue weighted by Gasteiger charge is -2.22. The number of nitrogens with one attached hydrogen (secondary N) is 1. The minimum atomic E-state index is 0.682. The zero-order valence-electron chi connectivity index (χ0n) is 13.9. The van der Waals surface area contributed by atoms with E-state index in [0.717, 1.165) is 49.7 Å². The molecule has 1 aromatic heterocycles. The van der Waals surface area contributed by atoms with Gasteiger partial charge in [-0.25, -0.2) is 4.98 Å². The summed E-state index contributed by atoms with van der Waals surface area (Å²) in [6, 6.07) is 9.91. The molecule has 5 heteroatoms. The molecule has 0 fully saturated rings. The lowest BCUT2D eigenvalue weighted by Crippen LogP contribution is -2.26. The highest BCUT2D eigenvalue weighted by atomic mass is 35.5. The van der Waals surface area contributed by atoms with Crippen molar-refractivity contribution in [3.05, 3.63) is 47.1 Å². The molecule has 2 rings (SSSR count). The van der Waals surface area contributed by atoms with Crippen molar-refractivity contribution in [2.24, 2.45) is 0 Å². The van der Waals surface area contributed by atoms with Crippen molar-refractivity contribution in [2.75, 3.05) is 29.9 Å². The third kappa shape index (κ3) is 5.71. The molecule has 0 radical (unpaired) electrons. The maximum Gasteiger partial charge on any atom is 0.224 e. The maximum absolute atomic E-state index is 6.01. The molecule has 0 saturated carbocycles. The van der Waals surface area contributed by atoms with Crippen molar-refractivity contribution < 1.29 is 0 Å². The normalized spacial score (nSPS) is 10.6. The highest BCUT2D eigenvalue weighted by Gasteiger charge is 2.07. The van der Waals surface area contributed by atoms with Crippen LogP contribution in [-0.4, -0.2) is 29.6 Å². The van der Waals surface area contributed by atoms with E-state index in [2.05, 4.69) is 40.1 Å². The van der Waals surface area contributed by atoms with Gasteiger partial charge in [0.2, 0.25) is 5.95 Å². The Labute approximate surface area is 143 Å². The second-order valence-corrected chi connectivity index (χ2v) is 5.97. The number of aromatic nitrogens is 2. The zero-order chi connectivity index (χ0) is 16.5. The zero-order valence-corrected chi connectivity index (χ0v) is 14.7. The van der Waals surface area contributed by atoms with Crippen molar-refractivity contribution in [1.29, 1.82) is 0 Å². The van der Waals surface area contributed by atoms with Gasteiger partial charge >= 0.3 is 0 Å². The van der Waals surface area contributed by atoms with E-state index < -0.39 is 0 Å². The van der Waals surface area contributed by atoms with E-state index in [4.69, 9.17) is 11.6 Å². The van der Waals surface area contributed by atoms with Gasteiger partial charge in [0.25, 0.3) is 0 Å². The Morgan fingerprint density at radius 1 is 1.13 bits per heavy atom. The van der Waals surface area contributed by atoms with E-state index in [9.17, 15) is 0 Å². The first-order valence-corrected chi connectivity index (χ1v) is 8.67. The number of benzene rings is 1. The summed E-state index contributed by atoms with van der Waals surface area (Å²) in [5.41, 5.74) is 1.21. The topological polar surface area (TPSA) is 41.1 Å². The Kier molecular flexibility index (Phi) is 7.14. The minimum Gasteiger partial charge on any atom is -0.356 e. The van der Waals surface area contributed by atoms with Crippen LogP contribution in [-0.2, 0) is 6.42 Å². The van der Waals surface area contributed by atoms with Crippen LogP contribution in [0.1, 0.15) is 32.3 Å². The van der Waals surface area contributed by atoms with Crippen LogP contribution >= 0.6 is 11.6 Å². The van der Waals surface area contributed by atoms with Crippen molar-refractivity contribution in [1.82, 2.24) is 9.97 Å². The van der Waals surface area contributed by atoms with Gasteiger partial charge in [-0.05, 0) is 43.0 Å². The largest absolute Gasteiger partial charge is 0.356 e. The van der Waals surface area contributed by atoms with Gasteiger partial charge in [-0.15, -0.1) is 0 Å². The highest BCUT2D eigenvalue weighted by Crippen LogP contribution is 2.14. The summed E-state index contributed by atoms with van der Waals surface area (Å²) < 4.78 is 0. The summed E-state index contributed by atoms with van der Waals surface area (Å²) in [5, 5.41) is 4.07. The van der Waals surface area contributed by atoms with Crippen molar-refractivity contribution in [3.63, 3.8) is 0 Å². The summed E-state index contributed by atoms with van der Waals surface area (Å²) >= 11 is 6.01. The molecule has 0 saturated heterocycles. The van der Waals surface area contributed by atoms with Gasteiger partial charge in [-0.2, -0.15) is 4.98 Å². The van der Waals surface area contributed by atoms with E-state index in [1.54, 1.807) is 0 Å². The van der Waals surface area contributed by atoms with Crippen LogP contribution < -0.4 is 10.2 Å². The molecule has 2 aromatic rings. The van der Waals surface area contributed by atoms with Gasteiger partial charge < -0.3 is 10.2 Å². The summed E-state index contributed by atoms with van der Waals surface area (Å²) in [4.78, 5) is 11.3. The van der Waals surface area contributed by atoms with Crippen LogP contribution in [0.2, 0.25) is 5.02 Å². The molecule has 0 aliphatic carbocycles. The number of nitrogens with zero attached hydrogens (tertiary/aromatic N) is 3. The molecule has 0 aliphatic rings. The Bertz CT molecular complexity index is 597. The molecule has 0 atom stereocenters. The van der Waals surface area contributed by atoms with E-state index in [-0.39, 0.29) is 0 Å².